The fourth-order valence-electron chi connectivity index (χ4n) is 2.01. The summed E-state index contributed by atoms with van der Waals surface area (Å²) in [6.45, 7) is 0.794. The van der Waals surface area contributed by atoms with Crippen LogP contribution in [0.15, 0.2) is 36.7 Å². The maximum Gasteiger partial charge on any atom is 0.0991 e. The zero-order chi connectivity index (χ0) is 11.0. The maximum absolute atomic E-state index is 8.90. The largest absolute Gasteiger partial charge is 0.380 e. The first-order valence-electron chi connectivity index (χ1n) is 5.10. The van der Waals surface area contributed by atoms with Gasteiger partial charge in [-0.2, -0.15) is 5.26 Å². The molecule has 16 heavy (non-hydrogen) atoms. The molecule has 0 radical (unpaired) electrons. The number of nitrogens with one attached hydrogen (secondary N) is 1. The molecule has 1 aliphatic rings. The van der Waals surface area contributed by atoms with E-state index in [1.807, 2.05) is 30.5 Å². The molecule has 3 heteroatoms. The molecule has 0 fully saturated rings. The average molecular weight is 207 g/mol. The van der Waals surface area contributed by atoms with Crippen molar-refractivity contribution >= 4 is 5.69 Å². The van der Waals surface area contributed by atoms with Crippen molar-refractivity contribution in [1.29, 1.82) is 5.26 Å². The van der Waals surface area contributed by atoms with Crippen molar-refractivity contribution < 1.29 is 0 Å². The first kappa shape index (κ1) is 8.93. The highest BCUT2D eigenvalue weighted by atomic mass is 14.9. The van der Waals surface area contributed by atoms with E-state index in [0.717, 1.165) is 17.8 Å². The van der Waals surface area contributed by atoms with Crippen LogP contribution in [0.25, 0.3) is 11.1 Å². The van der Waals surface area contributed by atoms with Gasteiger partial charge in [-0.15, -0.1) is 0 Å². The summed E-state index contributed by atoms with van der Waals surface area (Å²) in [6, 6.07) is 9.86. The van der Waals surface area contributed by atoms with Crippen molar-refractivity contribution in [3.05, 3.63) is 47.8 Å². The van der Waals surface area contributed by atoms with Gasteiger partial charge in [-0.3, -0.25) is 4.98 Å². The lowest BCUT2D eigenvalue weighted by atomic mass is 9.95. The molecule has 3 rings (SSSR count). The Labute approximate surface area is 93.4 Å². The number of hydrogen-bond acceptors (Lipinski definition) is 3. The second-order valence-electron chi connectivity index (χ2n) is 3.76. The lowest BCUT2D eigenvalue weighted by Gasteiger charge is -2.20. The Balaban J connectivity index is 2.27. The third kappa shape index (κ3) is 1.24. The van der Waals surface area contributed by atoms with Crippen LogP contribution < -0.4 is 5.32 Å². The molecule has 1 aromatic carbocycles. The van der Waals surface area contributed by atoms with Crippen molar-refractivity contribution in [2.45, 2.75) is 6.54 Å². The topological polar surface area (TPSA) is 48.7 Å². The molecule has 2 aromatic rings. The summed E-state index contributed by atoms with van der Waals surface area (Å²) in [7, 11) is 0. The van der Waals surface area contributed by atoms with E-state index in [1.165, 1.54) is 11.1 Å². The molecule has 76 valence electrons. The van der Waals surface area contributed by atoms with Crippen molar-refractivity contribution in [2.75, 3.05) is 5.32 Å². The predicted octanol–water partition coefficient (Wildman–Crippen LogP) is 2.55. The van der Waals surface area contributed by atoms with Gasteiger partial charge in [-0.05, 0) is 35.4 Å². The highest BCUT2D eigenvalue weighted by molar-refractivity contribution is 5.83. The first-order chi connectivity index (χ1) is 7.88. The Morgan fingerprint density at radius 1 is 1.25 bits per heavy atom. The van der Waals surface area contributed by atoms with E-state index in [-0.39, 0.29) is 0 Å². The van der Waals surface area contributed by atoms with Crippen LogP contribution in [0.4, 0.5) is 5.69 Å². The number of pyridine rings is 1. The molecular weight excluding hydrogens is 198 g/mol. The van der Waals surface area contributed by atoms with Crippen LogP contribution in [-0.2, 0) is 6.54 Å². The molecule has 0 bridgehead atoms. The normalized spacial score (nSPS) is 11.9. The van der Waals surface area contributed by atoms with Crippen LogP contribution in [0.5, 0.6) is 0 Å². The van der Waals surface area contributed by atoms with Crippen LogP contribution in [0.3, 0.4) is 0 Å². The van der Waals surface area contributed by atoms with E-state index in [9.17, 15) is 0 Å². The van der Waals surface area contributed by atoms with Gasteiger partial charge in [0, 0.05) is 30.2 Å². The Morgan fingerprint density at radius 3 is 3.06 bits per heavy atom. The molecule has 0 saturated heterocycles. The second-order valence-corrected chi connectivity index (χ2v) is 3.76. The van der Waals surface area contributed by atoms with Crippen molar-refractivity contribution in [3.8, 4) is 17.2 Å². The lowest BCUT2D eigenvalue weighted by Crippen LogP contribution is -2.08. The minimum absolute atomic E-state index is 0.685. The smallest absolute Gasteiger partial charge is 0.0991 e. The molecule has 0 atom stereocenters. The molecule has 0 amide bonds. The van der Waals surface area contributed by atoms with Crippen molar-refractivity contribution in [3.63, 3.8) is 0 Å². The Bertz CT molecular complexity index is 596. The van der Waals surface area contributed by atoms with Gasteiger partial charge in [-0.1, -0.05) is 0 Å². The number of anilines is 1. The van der Waals surface area contributed by atoms with E-state index < -0.39 is 0 Å². The number of aromatic nitrogens is 1. The third-order valence-corrected chi connectivity index (χ3v) is 2.81. The molecule has 1 aromatic heterocycles. The quantitative estimate of drug-likeness (QED) is 0.722. The number of benzene rings is 1. The van der Waals surface area contributed by atoms with E-state index in [1.54, 1.807) is 6.20 Å². The summed E-state index contributed by atoms with van der Waals surface area (Å²) in [4.78, 5) is 4.11. The zero-order valence-corrected chi connectivity index (χ0v) is 8.57. The summed E-state index contributed by atoms with van der Waals surface area (Å²) in [6.07, 6.45) is 3.65. The summed E-state index contributed by atoms with van der Waals surface area (Å²) < 4.78 is 0. The number of hydrogen-bond donors (Lipinski definition) is 1. The third-order valence-electron chi connectivity index (χ3n) is 2.81. The maximum atomic E-state index is 8.90. The average Bonchev–Trinajstić information content (AvgIpc) is 2.38. The van der Waals surface area contributed by atoms with Gasteiger partial charge in [0.05, 0.1) is 11.6 Å². The minimum Gasteiger partial charge on any atom is -0.380 e. The van der Waals surface area contributed by atoms with Crippen molar-refractivity contribution in [1.82, 2.24) is 4.98 Å². The molecule has 0 saturated carbocycles. The highest BCUT2D eigenvalue weighted by Crippen LogP contribution is 2.35. The SMILES string of the molecule is N#Cc1ccc2c(c1)-c1ccncc1CN2. The van der Waals surface area contributed by atoms with Gasteiger partial charge < -0.3 is 5.32 Å². The van der Waals surface area contributed by atoms with Gasteiger partial charge in [0.15, 0.2) is 0 Å². The number of nitrogens with zero attached hydrogens (tertiary/aromatic N) is 2. The zero-order valence-electron chi connectivity index (χ0n) is 8.57. The summed E-state index contributed by atoms with van der Waals surface area (Å²) in [5, 5.41) is 12.2. The van der Waals surface area contributed by atoms with E-state index >= 15 is 0 Å². The molecule has 0 aliphatic carbocycles. The molecule has 3 nitrogen and oxygen atoms in total. The molecule has 2 heterocycles. The van der Waals surface area contributed by atoms with Crippen molar-refractivity contribution in [2.24, 2.45) is 0 Å². The van der Waals surface area contributed by atoms with Crippen LogP contribution in [0.1, 0.15) is 11.1 Å². The van der Waals surface area contributed by atoms with Gasteiger partial charge >= 0.3 is 0 Å². The standard InChI is InChI=1S/C13H9N3/c14-6-9-1-2-13-12(5-9)11-3-4-15-7-10(11)8-16-13/h1-5,7,16H,8H2. The van der Waals surface area contributed by atoms with E-state index in [4.69, 9.17) is 5.26 Å². The first-order valence-corrected chi connectivity index (χ1v) is 5.10. The Kier molecular flexibility index (Phi) is 1.87. The summed E-state index contributed by atoms with van der Waals surface area (Å²) in [5.41, 5.74) is 5.19. The predicted molar refractivity (Wildman–Crippen MR) is 61.7 cm³/mol. The number of rotatable bonds is 0. The van der Waals surface area contributed by atoms with Gasteiger partial charge in [0.25, 0.3) is 0 Å². The fraction of sp³-hybridized carbons (Fsp3) is 0.0769. The molecule has 0 unspecified atom stereocenters. The van der Waals surface area contributed by atoms with Gasteiger partial charge in [0.2, 0.25) is 0 Å². The lowest BCUT2D eigenvalue weighted by molar-refractivity contribution is 1.09. The van der Waals surface area contributed by atoms with Crippen LogP contribution >= 0.6 is 0 Å². The van der Waals surface area contributed by atoms with Crippen LogP contribution in [0.2, 0.25) is 0 Å². The van der Waals surface area contributed by atoms with Crippen LogP contribution in [0, 0.1) is 11.3 Å². The monoisotopic (exact) mass is 207 g/mol. The molecule has 1 N–H and O–H groups in total. The number of fused-ring (bicyclic) bond motifs is 3. The second kappa shape index (κ2) is 3.35. The van der Waals surface area contributed by atoms with E-state index in [2.05, 4.69) is 16.4 Å². The Morgan fingerprint density at radius 2 is 2.19 bits per heavy atom. The minimum atomic E-state index is 0.685. The Hall–Kier alpha value is -2.34. The van der Waals surface area contributed by atoms with E-state index in [0.29, 0.717) is 5.56 Å². The summed E-state index contributed by atoms with van der Waals surface area (Å²) >= 11 is 0. The highest BCUT2D eigenvalue weighted by Gasteiger charge is 2.15. The molecule has 0 spiro atoms. The molecule has 1 aliphatic heterocycles. The molecular formula is C13H9N3. The number of nitriles is 1. The summed E-state index contributed by atoms with van der Waals surface area (Å²) in [5.74, 6) is 0. The fourth-order valence-corrected chi connectivity index (χ4v) is 2.01. The van der Waals surface area contributed by atoms with Gasteiger partial charge in [0.1, 0.15) is 0 Å². The van der Waals surface area contributed by atoms with Crippen LogP contribution in [-0.4, -0.2) is 4.98 Å². The van der Waals surface area contributed by atoms with Gasteiger partial charge in [-0.25, -0.2) is 0 Å².